The molecule has 6 nitrogen and oxygen atoms in total. The number of nitrogens with zero attached hydrogens (tertiary/aromatic N) is 3. The molecule has 3 aromatic rings. The molecule has 0 radical (unpaired) electrons. The average molecular weight is 436 g/mol. The Kier molecular flexibility index (Phi) is 6.25. The molecular formula is C18H16BrClN4O2. The number of aromatic nitrogens is 3. The Morgan fingerprint density at radius 2 is 2.04 bits per heavy atom. The van der Waals surface area contributed by atoms with E-state index in [2.05, 4.69) is 31.3 Å². The zero-order chi connectivity index (χ0) is 18.4. The summed E-state index contributed by atoms with van der Waals surface area (Å²) in [6, 6.07) is 12.8. The fourth-order valence-corrected chi connectivity index (χ4v) is 2.74. The van der Waals surface area contributed by atoms with Crippen molar-refractivity contribution in [3.05, 3.63) is 64.6 Å². The van der Waals surface area contributed by atoms with E-state index in [1.54, 1.807) is 29.2 Å². The van der Waals surface area contributed by atoms with Gasteiger partial charge in [0.15, 0.2) is 0 Å². The number of ether oxygens (including phenoxy) is 1. The zero-order valence-electron chi connectivity index (χ0n) is 13.7. The Hall–Kier alpha value is -2.38. The summed E-state index contributed by atoms with van der Waals surface area (Å²) >= 11 is 9.42. The third-order valence-electron chi connectivity index (χ3n) is 3.53. The van der Waals surface area contributed by atoms with Gasteiger partial charge in [-0.15, -0.1) is 0 Å². The van der Waals surface area contributed by atoms with Gasteiger partial charge in [-0.3, -0.25) is 4.79 Å². The standard InChI is InChI=1S/C18H16BrClN4O2/c19-13-3-6-15(7-4-13)26-9-1-2-18(25)23-16-10-14(20)5-8-17(16)24-12-21-11-22-24/h3-8,10-12H,1-2,9H2,(H,23,25). The lowest BCUT2D eigenvalue weighted by Crippen LogP contribution is -2.14. The molecule has 26 heavy (non-hydrogen) atoms. The van der Waals surface area contributed by atoms with Gasteiger partial charge in [-0.25, -0.2) is 9.67 Å². The van der Waals surface area contributed by atoms with E-state index in [4.69, 9.17) is 16.3 Å². The minimum atomic E-state index is -0.118. The Morgan fingerprint density at radius 3 is 2.77 bits per heavy atom. The van der Waals surface area contributed by atoms with Crippen molar-refractivity contribution < 1.29 is 9.53 Å². The number of carbonyl (C=O) groups is 1. The Morgan fingerprint density at radius 1 is 1.23 bits per heavy atom. The van der Waals surface area contributed by atoms with Crippen LogP contribution in [0.4, 0.5) is 5.69 Å². The zero-order valence-corrected chi connectivity index (χ0v) is 16.1. The molecule has 0 bridgehead atoms. The fourth-order valence-electron chi connectivity index (χ4n) is 2.31. The molecule has 0 aliphatic carbocycles. The molecule has 1 amide bonds. The quantitative estimate of drug-likeness (QED) is 0.556. The third-order valence-corrected chi connectivity index (χ3v) is 4.29. The lowest BCUT2D eigenvalue weighted by atomic mass is 10.2. The van der Waals surface area contributed by atoms with Gasteiger partial charge >= 0.3 is 0 Å². The first-order chi connectivity index (χ1) is 12.6. The van der Waals surface area contributed by atoms with Gasteiger partial charge in [0, 0.05) is 15.9 Å². The van der Waals surface area contributed by atoms with Crippen LogP contribution in [-0.4, -0.2) is 27.3 Å². The normalized spacial score (nSPS) is 10.5. The topological polar surface area (TPSA) is 69.0 Å². The molecule has 0 unspecified atom stereocenters. The van der Waals surface area contributed by atoms with Crippen LogP contribution in [0.2, 0.25) is 5.02 Å². The molecule has 1 aromatic heterocycles. The number of rotatable bonds is 7. The largest absolute Gasteiger partial charge is 0.494 e. The summed E-state index contributed by atoms with van der Waals surface area (Å²) in [6.45, 7) is 0.459. The molecule has 1 N–H and O–H groups in total. The maximum atomic E-state index is 12.2. The molecule has 0 saturated carbocycles. The number of amides is 1. The van der Waals surface area contributed by atoms with Crippen LogP contribution >= 0.6 is 27.5 Å². The SMILES string of the molecule is O=C(CCCOc1ccc(Br)cc1)Nc1cc(Cl)ccc1-n1cncn1. The number of halogens is 2. The van der Waals surface area contributed by atoms with E-state index in [1.807, 2.05) is 24.3 Å². The summed E-state index contributed by atoms with van der Waals surface area (Å²) in [7, 11) is 0. The summed E-state index contributed by atoms with van der Waals surface area (Å²) in [6.07, 6.45) is 3.92. The third kappa shape index (κ3) is 5.06. The van der Waals surface area contributed by atoms with Crippen molar-refractivity contribution in [2.45, 2.75) is 12.8 Å². The van der Waals surface area contributed by atoms with Crippen LogP contribution in [0.25, 0.3) is 5.69 Å². The first kappa shape index (κ1) is 18.4. The van der Waals surface area contributed by atoms with Gasteiger partial charge in [-0.1, -0.05) is 27.5 Å². The van der Waals surface area contributed by atoms with E-state index in [1.165, 1.54) is 6.33 Å². The molecule has 0 spiro atoms. The summed E-state index contributed by atoms with van der Waals surface area (Å²) in [4.78, 5) is 16.2. The molecule has 134 valence electrons. The lowest BCUT2D eigenvalue weighted by Gasteiger charge is -2.11. The van der Waals surface area contributed by atoms with E-state index in [-0.39, 0.29) is 5.91 Å². The van der Waals surface area contributed by atoms with Crippen molar-refractivity contribution in [1.29, 1.82) is 0 Å². The van der Waals surface area contributed by atoms with Gasteiger partial charge in [-0.2, -0.15) is 5.10 Å². The number of hydrogen-bond donors (Lipinski definition) is 1. The maximum absolute atomic E-state index is 12.2. The first-order valence-corrected chi connectivity index (χ1v) is 9.12. The molecule has 0 fully saturated rings. The highest BCUT2D eigenvalue weighted by atomic mass is 79.9. The summed E-state index contributed by atoms with van der Waals surface area (Å²) in [5, 5.41) is 7.49. The van der Waals surface area contributed by atoms with Crippen molar-refractivity contribution >= 4 is 39.1 Å². The van der Waals surface area contributed by atoms with Gasteiger partial charge in [0.1, 0.15) is 18.4 Å². The van der Waals surface area contributed by atoms with Crippen LogP contribution in [0.1, 0.15) is 12.8 Å². The van der Waals surface area contributed by atoms with Gasteiger partial charge in [0.25, 0.3) is 0 Å². The molecular weight excluding hydrogens is 420 g/mol. The molecule has 0 aliphatic rings. The van der Waals surface area contributed by atoms with Crippen molar-refractivity contribution in [2.24, 2.45) is 0 Å². The Bertz CT molecular complexity index is 869. The predicted molar refractivity (Wildman–Crippen MR) is 104 cm³/mol. The van der Waals surface area contributed by atoms with Gasteiger partial charge < -0.3 is 10.1 Å². The second kappa shape index (κ2) is 8.82. The van der Waals surface area contributed by atoms with Crippen LogP contribution in [0.5, 0.6) is 5.75 Å². The highest BCUT2D eigenvalue weighted by molar-refractivity contribution is 9.10. The molecule has 1 heterocycles. The minimum absolute atomic E-state index is 0.118. The highest BCUT2D eigenvalue weighted by Crippen LogP contribution is 2.24. The van der Waals surface area contributed by atoms with Crippen molar-refractivity contribution in [3.8, 4) is 11.4 Å². The van der Waals surface area contributed by atoms with E-state index in [0.717, 1.165) is 10.2 Å². The van der Waals surface area contributed by atoms with E-state index in [0.29, 0.717) is 35.8 Å². The number of benzene rings is 2. The summed E-state index contributed by atoms with van der Waals surface area (Å²) in [5.74, 6) is 0.657. The van der Waals surface area contributed by atoms with Crippen molar-refractivity contribution in [2.75, 3.05) is 11.9 Å². The first-order valence-electron chi connectivity index (χ1n) is 7.94. The second-order valence-electron chi connectivity index (χ2n) is 5.46. The summed E-state index contributed by atoms with van der Waals surface area (Å²) < 4.78 is 8.19. The Labute approximate surface area is 164 Å². The average Bonchev–Trinajstić information content (AvgIpc) is 3.15. The number of anilines is 1. The smallest absolute Gasteiger partial charge is 0.224 e. The van der Waals surface area contributed by atoms with Gasteiger partial charge in [0.05, 0.1) is 18.0 Å². The maximum Gasteiger partial charge on any atom is 0.224 e. The van der Waals surface area contributed by atoms with E-state index in [9.17, 15) is 4.79 Å². The second-order valence-corrected chi connectivity index (χ2v) is 6.81. The number of carbonyl (C=O) groups excluding carboxylic acids is 1. The van der Waals surface area contributed by atoms with Gasteiger partial charge in [0.2, 0.25) is 5.91 Å². The monoisotopic (exact) mass is 434 g/mol. The van der Waals surface area contributed by atoms with Crippen LogP contribution in [0, 0.1) is 0 Å². The van der Waals surface area contributed by atoms with Gasteiger partial charge in [-0.05, 0) is 48.9 Å². The van der Waals surface area contributed by atoms with Crippen LogP contribution in [0.3, 0.4) is 0 Å². The lowest BCUT2D eigenvalue weighted by molar-refractivity contribution is -0.116. The number of nitrogens with one attached hydrogen (secondary N) is 1. The Balaban J connectivity index is 1.53. The van der Waals surface area contributed by atoms with Crippen LogP contribution in [-0.2, 0) is 4.79 Å². The molecule has 0 atom stereocenters. The molecule has 3 rings (SSSR count). The molecule has 0 saturated heterocycles. The van der Waals surface area contributed by atoms with E-state index < -0.39 is 0 Å². The molecule has 8 heteroatoms. The van der Waals surface area contributed by atoms with Crippen LogP contribution < -0.4 is 10.1 Å². The minimum Gasteiger partial charge on any atom is -0.494 e. The molecule has 2 aromatic carbocycles. The van der Waals surface area contributed by atoms with E-state index >= 15 is 0 Å². The highest BCUT2D eigenvalue weighted by Gasteiger charge is 2.10. The predicted octanol–water partition coefficient (Wildman–Crippen LogP) is 4.48. The van der Waals surface area contributed by atoms with Crippen LogP contribution in [0.15, 0.2) is 59.6 Å². The summed E-state index contributed by atoms with van der Waals surface area (Å²) in [5.41, 5.74) is 1.29. The van der Waals surface area contributed by atoms with Crippen molar-refractivity contribution in [3.63, 3.8) is 0 Å². The van der Waals surface area contributed by atoms with Crippen molar-refractivity contribution in [1.82, 2.24) is 14.8 Å². The fraction of sp³-hybridized carbons (Fsp3) is 0.167. The molecule has 0 aliphatic heterocycles. The number of hydrogen-bond acceptors (Lipinski definition) is 4.